The maximum Gasteiger partial charge on any atom is 0.114 e. The highest BCUT2D eigenvalue weighted by molar-refractivity contribution is 5.13. The van der Waals surface area contributed by atoms with Gasteiger partial charge in [-0.1, -0.05) is 31.6 Å². The molecule has 0 amide bonds. The highest BCUT2D eigenvalue weighted by atomic mass is 17.2. The molecule has 0 spiro atoms. The highest BCUT2D eigenvalue weighted by Crippen LogP contribution is 2.36. The van der Waals surface area contributed by atoms with Crippen molar-refractivity contribution < 1.29 is 14.9 Å². The van der Waals surface area contributed by atoms with Gasteiger partial charge in [0.15, 0.2) is 0 Å². The average Bonchev–Trinajstić information content (AvgIpc) is 2.88. The Labute approximate surface area is 97.1 Å². The van der Waals surface area contributed by atoms with Crippen LogP contribution in [0.2, 0.25) is 0 Å². The number of fused-ring (bicyclic) bond motifs is 2. The summed E-state index contributed by atoms with van der Waals surface area (Å²) in [5.74, 6) is 6.34. The number of unbranched alkanes of at least 4 members (excludes halogenated alkanes) is 2. The topological polar surface area (TPSA) is 38.7 Å². The Kier molecular flexibility index (Phi) is 4.22. The van der Waals surface area contributed by atoms with E-state index in [1.54, 1.807) is 0 Å². The molecule has 2 fully saturated rings. The summed E-state index contributed by atoms with van der Waals surface area (Å²) >= 11 is 0. The second-order valence-corrected chi connectivity index (χ2v) is 4.73. The van der Waals surface area contributed by atoms with Gasteiger partial charge in [-0.2, -0.15) is 0 Å². The summed E-state index contributed by atoms with van der Waals surface area (Å²) in [5, 5.41) is 9.66. The van der Waals surface area contributed by atoms with Crippen molar-refractivity contribution in [2.24, 2.45) is 5.92 Å². The van der Waals surface area contributed by atoms with Crippen molar-refractivity contribution in [2.45, 2.75) is 63.8 Å². The van der Waals surface area contributed by atoms with Gasteiger partial charge < -0.3 is 5.11 Å². The predicted octanol–water partition coefficient (Wildman–Crippen LogP) is 2.04. The van der Waals surface area contributed by atoms with Gasteiger partial charge in [0.25, 0.3) is 0 Å². The van der Waals surface area contributed by atoms with Gasteiger partial charge in [-0.3, -0.25) is 0 Å². The van der Waals surface area contributed by atoms with Crippen molar-refractivity contribution in [3.63, 3.8) is 0 Å². The molecule has 1 aliphatic carbocycles. The van der Waals surface area contributed by atoms with E-state index in [0.29, 0.717) is 0 Å². The number of hydrogen-bond acceptors (Lipinski definition) is 3. The van der Waals surface area contributed by atoms with Gasteiger partial charge in [0.2, 0.25) is 0 Å². The van der Waals surface area contributed by atoms with Crippen LogP contribution in [0.3, 0.4) is 0 Å². The molecule has 4 atom stereocenters. The molecular formula is C13H20O3. The van der Waals surface area contributed by atoms with Crippen LogP contribution in [-0.2, 0) is 9.78 Å². The first-order valence-electron chi connectivity index (χ1n) is 6.31. The zero-order valence-corrected chi connectivity index (χ0v) is 9.82. The third-order valence-corrected chi connectivity index (χ3v) is 3.29. The molecule has 0 aromatic carbocycles. The Balaban J connectivity index is 1.72. The summed E-state index contributed by atoms with van der Waals surface area (Å²) in [6.45, 7) is 2.16. The van der Waals surface area contributed by atoms with E-state index in [0.717, 1.165) is 25.7 Å². The molecule has 1 heterocycles. The summed E-state index contributed by atoms with van der Waals surface area (Å²) in [4.78, 5) is 10.1. The molecule has 2 rings (SSSR count). The SMILES string of the molecule is CCCCCC(O)C#C[C@@H]1CC2CC1OO2. The molecule has 1 aliphatic heterocycles. The fourth-order valence-electron chi connectivity index (χ4n) is 2.30. The van der Waals surface area contributed by atoms with Gasteiger partial charge in [-0.25, -0.2) is 9.78 Å². The Hall–Kier alpha value is -0.560. The van der Waals surface area contributed by atoms with Gasteiger partial charge >= 0.3 is 0 Å². The van der Waals surface area contributed by atoms with Crippen molar-refractivity contribution >= 4 is 0 Å². The van der Waals surface area contributed by atoms with Crippen LogP contribution < -0.4 is 0 Å². The minimum Gasteiger partial charge on any atom is -0.380 e. The van der Waals surface area contributed by atoms with E-state index < -0.39 is 6.10 Å². The number of hydrogen-bond donors (Lipinski definition) is 1. The highest BCUT2D eigenvalue weighted by Gasteiger charge is 2.42. The van der Waals surface area contributed by atoms with Crippen LogP contribution in [-0.4, -0.2) is 23.4 Å². The lowest BCUT2D eigenvalue weighted by atomic mass is 10.1. The maximum absolute atomic E-state index is 9.66. The number of aliphatic hydroxyl groups is 1. The molecule has 1 N–H and O–H groups in total. The second kappa shape index (κ2) is 5.67. The Morgan fingerprint density at radius 1 is 1.31 bits per heavy atom. The third kappa shape index (κ3) is 2.98. The largest absolute Gasteiger partial charge is 0.380 e. The predicted molar refractivity (Wildman–Crippen MR) is 60.4 cm³/mol. The number of rotatable bonds is 4. The standard InChI is InChI=1S/C13H20O3/c1-2-3-4-5-11(14)7-6-10-8-12-9-13(10)16-15-12/h10-14H,2-5,8-9H2,1H3/t10-,11?,12?,13?/m1/s1. The molecule has 2 bridgehead atoms. The number of aliphatic hydroxyl groups excluding tert-OH is 1. The molecule has 90 valence electrons. The third-order valence-electron chi connectivity index (χ3n) is 3.29. The van der Waals surface area contributed by atoms with Crippen molar-refractivity contribution in [2.75, 3.05) is 0 Å². The summed E-state index contributed by atoms with van der Waals surface area (Å²) in [6, 6.07) is 0. The van der Waals surface area contributed by atoms with Crippen LogP contribution in [0.15, 0.2) is 0 Å². The monoisotopic (exact) mass is 224 g/mol. The molecule has 0 aromatic rings. The van der Waals surface area contributed by atoms with Crippen LogP contribution in [0, 0.1) is 17.8 Å². The summed E-state index contributed by atoms with van der Waals surface area (Å²) in [7, 11) is 0. The minimum atomic E-state index is -0.466. The molecule has 3 unspecified atom stereocenters. The van der Waals surface area contributed by atoms with E-state index in [1.807, 2.05) is 0 Å². The van der Waals surface area contributed by atoms with Crippen LogP contribution in [0.1, 0.15) is 45.4 Å². The van der Waals surface area contributed by atoms with Crippen LogP contribution >= 0.6 is 0 Å². The molecule has 16 heavy (non-hydrogen) atoms. The van der Waals surface area contributed by atoms with Crippen molar-refractivity contribution in [1.29, 1.82) is 0 Å². The molecule has 1 saturated carbocycles. The lowest BCUT2D eigenvalue weighted by molar-refractivity contribution is -0.322. The zero-order chi connectivity index (χ0) is 11.4. The Morgan fingerprint density at radius 3 is 2.81 bits per heavy atom. The van der Waals surface area contributed by atoms with E-state index in [1.165, 1.54) is 12.8 Å². The second-order valence-electron chi connectivity index (χ2n) is 4.73. The summed E-state index contributed by atoms with van der Waals surface area (Å²) in [6.07, 6.45) is 6.03. The molecule has 1 saturated heterocycles. The first kappa shape index (κ1) is 11.9. The van der Waals surface area contributed by atoms with Gasteiger partial charge in [-0.05, 0) is 19.3 Å². The first-order valence-corrected chi connectivity index (χ1v) is 6.31. The summed E-state index contributed by atoms with van der Waals surface area (Å²) < 4.78 is 0. The van der Waals surface area contributed by atoms with Gasteiger partial charge in [0.05, 0.1) is 12.0 Å². The Morgan fingerprint density at radius 2 is 2.19 bits per heavy atom. The zero-order valence-electron chi connectivity index (χ0n) is 9.82. The molecule has 0 aromatic heterocycles. The van der Waals surface area contributed by atoms with Crippen LogP contribution in [0.25, 0.3) is 0 Å². The lowest BCUT2D eigenvalue weighted by Gasteiger charge is -2.15. The van der Waals surface area contributed by atoms with Crippen LogP contribution in [0.4, 0.5) is 0 Å². The first-order chi connectivity index (χ1) is 7.79. The van der Waals surface area contributed by atoms with Gasteiger partial charge in [0, 0.05) is 6.42 Å². The van der Waals surface area contributed by atoms with E-state index in [9.17, 15) is 5.11 Å². The maximum atomic E-state index is 9.66. The fourth-order valence-corrected chi connectivity index (χ4v) is 2.30. The van der Waals surface area contributed by atoms with Gasteiger partial charge in [-0.15, -0.1) is 0 Å². The normalized spacial score (nSPS) is 33.5. The van der Waals surface area contributed by atoms with Crippen molar-refractivity contribution in [3.8, 4) is 11.8 Å². The minimum absolute atomic E-state index is 0.139. The molecule has 2 aliphatic rings. The quantitative estimate of drug-likeness (QED) is 0.451. The molecular weight excluding hydrogens is 204 g/mol. The lowest BCUT2D eigenvalue weighted by Crippen LogP contribution is -2.18. The summed E-state index contributed by atoms with van der Waals surface area (Å²) in [5.41, 5.74) is 0. The van der Waals surface area contributed by atoms with E-state index >= 15 is 0 Å². The fraction of sp³-hybridized carbons (Fsp3) is 0.846. The smallest absolute Gasteiger partial charge is 0.114 e. The van der Waals surface area contributed by atoms with Gasteiger partial charge in [0.1, 0.15) is 12.2 Å². The van der Waals surface area contributed by atoms with Crippen molar-refractivity contribution in [1.82, 2.24) is 0 Å². The molecule has 0 radical (unpaired) electrons. The van der Waals surface area contributed by atoms with E-state index in [2.05, 4.69) is 18.8 Å². The van der Waals surface area contributed by atoms with E-state index in [4.69, 9.17) is 9.78 Å². The average molecular weight is 224 g/mol. The Bertz CT molecular complexity index is 279. The van der Waals surface area contributed by atoms with Crippen LogP contribution in [0.5, 0.6) is 0 Å². The van der Waals surface area contributed by atoms with E-state index in [-0.39, 0.29) is 18.1 Å². The molecule has 3 nitrogen and oxygen atoms in total. The van der Waals surface area contributed by atoms with Crippen molar-refractivity contribution in [3.05, 3.63) is 0 Å². The molecule has 3 heteroatoms.